The van der Waals surface area contributed by atoms with Gasteiger partial charge in [-0.2, -0.15) is 0 Å². The molecule has 4 nitrogen and oxygen atoms in total. The highest BCUT2D eigenvalue weighted by Gasteiger charge is 2.12. The number of nitrogens with one attached hydrogen (secondary N) is 1. The summed E-state index contributed by atoms with van der Waals surface area (Å²) in [5.41, 5.74) is 2.87. The number of amides is 1. The second kappa shape index (κ2) is 5.61. The van der Waals surface area contributed by atoms with Crippen LogP contribution in [0.25, 0.3) is 10.9 Å². The molecule has 0 aliphatic carbocycles. The summed E-state index contributed by atoms with van der Waals surface area (Å²) < 4.78 is 0.520. The van der Waals surface area contributed by atoms with Crippen LogP contribution in [-0.4, -0.2) is 15.9 Å². The van der Waals surface area contributed by atoms with Crippen LogP contribution in [0.5, 0.6) is 0 Å². The normalized spacial score (nSPS) is 10.6. The number of carbonyl (C=O) groups is 1. The molecular formula is C16H12BrN3O. The molecule has 1 N–H and O–H groups in total. The highest BCUT2D eigenvalue weighted by atomic mass is 79.9. The SMILES string of the molecule is Cc1ccc2cccc(NC(=O)c3cccnc3Br)c2n1. The number of hydrogen-bond acceptors (Lipinski definition) is 3. The van der Waals surface area contributed by atoms with Crippen molar-refractivity contribution in [2.24, 2.45) is 0 Å². The van der Waals surface area contributed by atoms with Gasteiger partial charge in [-0.25, -0.2) is 4.98 Å². The van der Waals surface area contributed by atoms with Crippen molar-refractivity contribution in [1.82, 2.24) is 9.97 Å². The third-order valence-electron chi connectivity index (χ3n) is 3.11. The lowest BCUT2D eigenvalue weighted by Gasteiger charge is -2.09. The van der Waals surface area contributed by atoms with Gasteiger partial charge in [0, 0.05) is 17.3 Å². The Morgan fingerprint density at radius 3 is 2.81 bits per heavy atom. The zero-order valence-corrected chi connectivity index (χ0v) is 12.9. The van der Waals surface area contributed by atoms with E-state index in [0.717, 1.165) is 16.6 Å². The van der Waals surface area contributed by atoms with Crippen molar-refractivity contribution in [3.05, 3.63) is 64.5 Å². The highest BCUT2D eigenvalue weighted by molar-refractivity contribution is 9.10. The van der Waals surface area contributed by atoms with Crippen LogP contribution >= 0.6 is 15.9 Å². The molecule has 0 bridgehead atoms. The zero-order valence-electron chi connectivity index (χ0n) is 11.3. The van der Waals surface area contributed by atoms with Crippen molar-refractivity contribution in [3.8, 4) is 0 Å². The Kier molecular flexibility index (Phi) is 3.66. The number of hydrogen-bond donors (Lipinski definition) is 1. The van der Waals surface area contributed by atoms with Gasteiger partial charge in [-0.1, -0.05) is 18.2 Å². The first-order chi connectivity index (χ1) is 10.1. The Morgan fingerprint density at radius 2 is 2.00 bits per heavy atom. The van der Waals surface area contributed by atoms with E-state index in [1.54, 1.807) is 18.3 Å². The minimum absolute atomic E-state index is 0.217. The number of fused-ring (bicyclic) bond motifs is 1. The van der Waals surface area contributed by atoms with Gasteiger partial charge in [-0.15, -0.1) is 0 Å². The molecule has 0 fully saturated rings. The molecule has 0 saturated carbocycles. The van der Waals surface area contributed by atoms with E-state index < -0.39 is 0 Å². The maximum Gasteiger partial charge on any atom is 0.258 e. The molecule has 1 aromatic carbocycles. The van der Waals surface area contributed by atoms with Gasteiger partial charge >= 0.3 is 0 Å². The Bertz CT molecular complexity index is 833. The molecule has 104 valence electrons. The van der Waals surface area contributed by atoms with E-state index in [1.807, 2.05) is 37.3 Å². The van der Waals surface area contributed by atoms with Crippen molar-refractivity contribution in [3.63, 3.8) is 0 Å². The number of pyridine rings is 2. The second-order valence-corrected chi connectivity index (χ2v) is 5.38. The lowest BCUT2D eigenvalue weighted by molar-refractivity contribution is 0.102. The standard InChI is InChI=1S/C16H12BrN3O/c1-10-7-8-11-4-2-6-13(14(11)19-10)20-16(21)12-5-3-9-18-15(12)17/h2-9H,1H3,(H,20,21). The zero-order chi connectivity index (χ0) is 14.8. The smallest absolute Gasteiger partial charge is 0.258 e. The number of halogens is 1. The molecule has 3 rings (SSSR count). The van der Waals surface area contributed by atoms with Gasteiger partial charge in [0.1, 0.15) is 4.60 Å². The number of anilines is 1. The second-order valence-electron chi connectivity index (χ2n) is 4.63. The average molecular weight is 342 g/mol. The average Bonchev–Trinajstić information content (AvgIpc) is 2.48. The van der Waals surface area contributed by atoms with Gasteiger partial charge in [0.15, 0.2) is 0 Å². The lowest BCUT2D eigenvalue weighted by atomic mass is 10.1. The van der Waals surface area contributed by atoms with Crippen LogP contribution in [-0.2, 0) is 0 Å². The van der Waals surface area contributed by atoms with Crippen molar-refractivity contribution in [2.75, 3.05) is 5.32 Å². The lowest BCUT2D eigenvalue weighted by Crippen LogP contribution is -2.13. The molecule has 0 unspecified atom stereocenters. The van der Waals surface area contributed by atoms with Crippen LogP contribution in [0.2, 0.25) is 0 Å². The first-order valence-electron chi connectivity index (χ1n) is 6.43. The van der Waals surface area contributed by atoms with Crippen LogP contribution in [0.15, 0.2) is 53.3 Å². The van der Waals surface area contributed by atoms with Crippen LogP contribution in [0.3, 0.4) is 0 Å². The summed E-state index contributed by atoms with van der Waals surface area (Å²) in [6, 6.07) is 13.1. The van der Waals surface area contributed by atoms with E-state index in [2.05, 4.69) is 31.2 Å². The van der Waals surface area contributed by atoms with Crippen LogP contribution in [0.1, 0.15) is 16.1 Å². The molecule has 0 radical (unpaired) electrons. The molecule has 3 aromatic rings. The van der Waals surface area contributed by atoms with E-state index in [0.29, 0.717) is 15.9 Å². The minimum Gasteiger partial charge on any atom is -0.320 e. The summed E-state index contributed by atoms with van der Waals surface area (Å²) in [4.78, 5) is 20.9. The quantitative estimate of drug-likeness (QED) is 0.718. The third kappa shape index (κ3) is 2.78. The summed E-state index contributed by atoms with van der Waals surface area (Å²) >= 11 is 3.28. The Morgan fingerprint density at radius 1 is 1.14 bits per heavy atom. The Balaban J connectivity index is 2.00. The number of nitrogens with zero attached hydrogens (tertiary/aromatic N) is 2. The van der Waals surface area contributed by atoms with Gasteiger partial charge in [0.2, 0.25) is 0 Å². The third-order valence-corrected chi connectivity index (χ3v) is 3.74. The predicted octanol–water partition coefficient (Wildman–Crippen LogP) is 3.95. The number of benzene rings is 1. The molecule has 5 heteroatoms. The number of rotatable bonds is 2. The van der Waals surface area contributed by atoms with Crippen LogP contribution in [0.4, 0.5) is 5.69 Å². The molecule has 0 aliphatic rings. The number of aryl methyl sites for hydroxylation is 1. The van der Waals surface area contributed by atoms with E-state index in [1.165, 1.54) is 0 Å². The number of para-hydroxylation sites is 1. The van der Waals surface area contributed by atoms with E-state index >= 15 is 0 Å². The fourth-order valence-corrected chi connectivity index (χ4v) is 2.52. The van der Waals surface area contributed by atoms with Gasteiger partial charge in [-0.3, -0.25) is 9.78 Å². The van der Waals surface area contributed by atoms with Gasteiger partial charge in [0.25, 0.3) is 5.91 Å². The molecule has 0 atom stereocenters. The first-order valence-corrected chi connectivity index (χ1v) is 7.23. The van der Waals surface area contributed by atoms with Crippen molar-refractivity contribution in [2.45, 2.75) is 6.92 Å². The summed E-state index contributed by atoms with van der Waals surface area (Å²) in [7, 11) is 0. The van der Waals surface area contributed by atoms with Crippen molar-refractivity contribution >= 4 is 38.4 Å². The van der Waals surface area contributed by atoms with E-state index in [9.17, 15) is 4.79 Å². The first kappa shape index (κ1) is 13.7. The minimum atomic E-state index is -0.217. The molecular weight excluding hydrogens is 330 g/mol. The van der Waals surface area contributed by atoms with Gasteiger partial charge in [-0.05, 0) is 47.1 Å². The maximum absolute atomic E-state index is 12.4. The van der Waals surface area contributed by atoms with Crippen LogP contribution in [0, 0.1) is 6.92 Å². The monoisotopic (exact) mass is 341 g/mol. The van der Waals surface area contributed by atoms with Crippen molar-refractivity contribution < 1.29 is 4.79 Å². The van der Waals surface area contributed by atoms with Gasteiger partial charge in [0.05, 0.1) is 16.8 Å². The number of aromatic nitrogens is 2. The topological polar surface area (TPSA) is 54.9 Å². The fourth-order valence-electron chi connectivity index (χ4n) is 2.09. The fraction of sp³-hybridized carbons (Fsp3) is 0.0625. The molecule has 0 spiro atoms. The van der Waals surface area contributed by atoms with Crippen LogP contribution < -0.4 is 5.32 Å². The molecule has 1 amide bonds. The van der Waals surface area contributed by atoms with Crippen molar-refractivity contribution in [1.29, 1.82) is 0 Å². The summed E-state index contributed by atoms with van der Waals surface area (Å²) in [6.45, 7) is 1.93. The number of carbonyl (C=O) groups excluding carboxylic acids is 1. The van der Waals surface area contributed by atoms with Gasteiger partial charge < -0.3 is 5.32 Å². The highest BCUT2D eigenvalue weighted by Crippen LogP contribution is 2.23. The molecule has 2 heterocycles. The van der Waals surface area contributed by atoms with E-state index in [4.69, 9.17) is 0 Å². The summed E-state index contributed by atoms with van der Waals surface area (Å²) in [6.07, 6.45) is 1.63. The largest absolute Gasteiger partial charge is 0.320 e. The predicted molar refractivity (Wildman–Crippen MR) is 86.4 cm³/mol. The summed E-state index contributed by atoms with van der Waals surface area (Å²) in [5, 5.41) is 3.89. The Hall–Kier alpha value is -2.27. The molecule has 0 saturated heterocycles. The molecule has 0 aliphatic heterocycles. The maximum atomic E-state index is 12.4. The molecule has 2 aromatic heterocycles. The molecule has 21 heavy (non-hydrogen) atoms. The summed E-state index contributed by atoms with van der Waals surface area (Å²) in [5.74, 6) is -0.217. The van der Waals surface area contributed by atoms with E-state index in [-0.39, 0.29) is 5.91 Å². The Labute approximate surface area is 130 Å².